The fourth-order valence-electron chi connectivity index (χ4n) is 17.3. The van der Waals surface area contributed by atoms with E-state index in [1.54, 1.807) is 0 Å². The van der Waals surface area contributed by atoms with Gasteiger partial charge >= 0.3 is 0 Å². The summed E-state index contributed by atoms with van der Waals surface area (Å²) in [6.45, 7) is 0. The van der Waals surface area contributed by atoms with E-state index in [1.165, 1.54) is 0 Å². The molecule has 22 rings (SSSR count). The number of hydrogen-bond donors (Lipinski definition) is 0. The third-order valence-electron chi connectivity index (χ3n) is 22.9. The minimum absolute atomic E-state index is 0.584. The highest BCUT2D eigenvalue weighted by molar-refractivity contribution is 6.15. The molecule has 6 aromatic heterocycles. The van der Waals surface area contributed by atoms with E-state index in [2.05, 4.69) is 334 Å². The third-order valence-corrected chi connectivity index (χ3v) is 22.9. The van der Waals surface area contributed by atoms with Crippen molar-refractivity contribution in [3.8, 4) is 136 Å². The van der Waals surface area contributed by atoms with Gasteiger partial charge in [-0.25, -0.2) is 19.9 Å². The Kier molecular flexibility index (Phi) is 15.8. The van der Waals surface area contributed by atoms with Crippen molar-refractivity contribution in [3.63, 3.8) is 0 Å². The summed E-state index contributed by atoms with van der Waals surface area (Å²) in [6, 6.07) is 142. The smallest absolute Gasteiger partial charge is 0.235 e. The lowest BCUT2D eigenvalue weighted by Gasteiger charge is -2.16. The number of para-hydroxylation sites is 4. The fourth-order valence-corrected chi connectivity index (χ4v) is 17.3. The molecule has 0 bridgehead atoms. The van der Waals surface area contributed by atoms with Crippen LogP contribution in [0.5, 0.6) is 0 Å². The molecule has 0 amide bonds. The maximum Gasteiger partial charge on any atom is 0.235 e. The molecule has 0 radical (unpaired) electrons. The van der Waals surface area contributed by atoms with Crippen molar-refractivity contribution in [2.45, 2.75) is 0 Å². The lowest BCUT2D eigenvalue weighted by molar-refractivity contribution is 0.995. The summed E-state index contributed by atoms with van der Waals surface area (Å²) in [5.74, 6) is 1.17. The quantitative estimate of drug-likeness (QED) is 0.113. The molecule has 0 spiro atoms. The van der Waals surface area contributed by atoms with Crippen LogP contribution < -0.4 is 0 Å². The second kappa shape index (κ2) is 27.4. The van der Waals surface area contributed by atoms with Crippen LogP contribution in [0.1, 0.15) is 11.1 Å². The van der Waals surface area contributed by atoms with Gasteiger partial charge in [0.1, 0.15) is 0 Å². The van der Waals surface area contributed by atoms with Gasteiger partial charge in [0.2, 0.25) is 11.9 Å². The molecule has 10 heteroatoms. The van der Waals surface area contributed by atoms with Crippen LogP contribution in [-0.2, 0) is 0 Å². The Morgan fingerprint density at radius 1 is 0.172 bits per heavy atom. The first kappa shape index (κ1) is 66.8. The van der Waals surface area contributed by atoms with E-state index in [0.29, 0.717) is 23.0 Å². The highest BCUT2D eigenvalue weighted by Gasteiger charge is 2.24. The second-order valence-corrected chi connectivity index (χ2v) is 29.6. The Morgan fingerprint density at radius 3 is 0.724 bits per heavy atom. The molecule has 538 valence electrons. The molecule has 0 saturated heterocycles. The molecule has 0 fully saturated rings. The van der Waals surface area contributed by atoms with E-state index < -0.39 is 0 Å². The van der Waals surface area contributed by atoms with Crippen LogP contribution in [0.15, 0.2) is 388 Å². The first-order valence-corrected chi connectivity index (χ1v) is 38.8. The van der Waals surface area contributed by atoms with Crippen LogP contribution in [0.4, 0.5) is 0 Å². The molecule has 22 aromatic rings. The third kappa shape index (κ3) is 11.4. The molecule has 0 atom stereocenters. The standard InChI is InChI=1S/C106H64N10/c107-65-67-32-36-70(37-33-67)72-40-44-76(45-41-72)95-63-93(74-20-6-2-7-21-74)109-105(111-95)115-99-30-16-12-26-87(99)91-60-80(50-54-103(91)115)78-48-52-101-89(58-78)85-24-10-14-28-97(85)113(101)83-56-82(69-18-4-1-5-19-69)57-84(62-83)114-98-29-15-11-25-86(98)90-59-79(49-53-102(90)114)81-51-55-104-92(61-81)88-27-13-17-31-100(88)116(104)106-110-94(75-22-8-3-9-23-75)64-96(112-106)77-46-42-73(43-47-77)71-38-34-68(66-108)35-39-71/h1-64H. The number of hydrogen-bond acceptors (Lipinski definition) is 6. The number of aromatic nitrogens is 8. The Labute approximate surface area is 667 Å². The topological polar surface area (TPSA) is 119 Å². The normalized spacial score (nSPS) is 11.6. The number of nitrogens with zero attached hydrogens (tertiary/aromatic N) is 10. The van der Waals surface area contributed by atoms with Crippen LogP contribution >= 0.6 is 0 Å². The highest BCUT2D eigenvalue weighted by Crippen LogP contribution is 2.44. The van der Waals surface area contributed by atoms with Gasteiger partial charge in [-0.05, 0) is 183 Å². The van der Waals surface area contributed by atoms with Gasteiger partial charge in [0, 0.05) is 76.7 Å². The fraction of sp³-hybridized carbons (Fsp3) is 0. The lowest BCUT2D eigenvalue weighted by atomic mass is 10.0. The van der Waals surface area contributed by atoms with E-state index in [4.69, 9.17) is 19.9 Å². The maximum absolute atomic E-state index is 9.46. The second-order valence-electron chi connectivity index (χ2n) is 29.6. The van der Waals surface area contributed by atoms with Crippen molar-refractivity contribution in [1.82, 2.24) is 38.2 Å². The largest absolute Gasteiger partial charge is 0.309 e. The van der Waals surface area contributed by atoms with Gasteiger partial charge in [0.15, 0.2) is 0 Å². The van der Waals surface area contributed by atoms with Crippen LogP contribution in [0.3, 0.4) is 0 Å². The van der Waals surface area contributed by atoms with Crippen LogP contribution in [0.25, 0.3) is 211 Å². The molecule has 0 N–H and O–H groups in total. The molecular formula is C106H64N10. The number of fused-ring (bicyclic) bond motifs is 12. The average Bonchev–Trinajstić information content (AvgIpc) is 1.58. The molecule has 10 nitrogen and oxygen atoms in total. The van der Waals surface area contributed by atoms with Crippen molar-refractivity contribution >= 4 is 87.2 Å². The molecule has 6 heterocycles. The van der Waals surface area contributed by atoms with Crippen molar-refractivity contribution in [2.75, 3.05) is 0 Å². The molecular weight excluding hydrogens is 1410 g/mol. The van der Waals surface area contributed by atoms with Gasteiger partial charge in [-0.1, -0.05) is 261 Å². The SMILES string of the molecule is N#Cc1ccc(-c2ccc(-c3cc(-c4ccccc4)nc(-n4c5ccccc5c5cc(-c6ccc7c(c6)c6ccccc6n7-c6cc(-c7ccccc7)cc(-n7c8ccccc8c8cc(-c9ccc%10c(c9)c9ccccc9n%10-c9nc(-c%10ccccc%10)cc(-c%10ccc(-c%11ccc(C#N)cc%11)cc%10)n9)ccc87)c6)ccc54)n3)cc2)cc1. The predicted octanol–water partition coefficient (Wildman–Crippen LogP) is 26.4. The first-order valence-electron chi connectivity index (χ1n) is 38.8. The molecule has 0 aliphatic heterocycles. The number of rotatable bonds is 13. The van der Waals surface area contributed by atoms with Gasteiger partial charge in [-0.15, -0.1) is 0 Å². The summed E-state index contributed by atoms with van der Waals surface area (Å²) >= 11 is 0. The molecule has 0 aliphatic carbocycles. The van der Waals surface area contributed by atoms with E-state index in [0.717, 1.165) is 199 Å². The van der Waals surface area contributed by atoms with Crippen LogP contribution in [0.2, 0.25) is 0 Å². The summed E-state index contributed by atoms with van der Waals surface area (Å²) in [5.41, 5.74) is 29.9. The molecule has 16 aromatic carbocycles. The first-order chi connectivity index (χ1) is 57.4. The lowest BCUT2D eigenvalue weighted by Crippen LogP contribution is -2.04. The van der Waals surface area contributed by atoms with Crippen molar-refractivity contribution < 1.29 is 0 Å². The molecule has 116 heavy (non-hydrogen) atoms. The van der Waals surface area contributed by atoms with E-state index in [9.17, 15) is 10.5 Å². The van der Waals surface area contributed by atoms with Crippen molar-refractivity contribution in [1.29, 1.82) is 10.5 Å². The zero-order valence-corrected chi connectivity index (χ0v) is 62.4. The summed E-state index contributed by atoms with van der Waals surface area (Å²) in [7, 11) is 0. The summed E-state index contributed by atoms with van der Waals surface area (Å²) in [5, 5.41) is 28.0. The van der Waals surface area contributed by atoms with Crippen molar-refractivity contribution in [2.24, 2.45) is 0 Å². The average molecular weight is 1480 g/mol. The Hall–Kier alpha value is -16.1. The molecule has 0 aliphatic rings. The molecule has 0 unspecified atom stereocenters. The summed E-state index contributed by atoms with van der Waals surface area (Å²) < 4.78 is 9.33. The Bertz CT molecular complexity index is 7350. The summed E-state index contributed by atoms with van der Waals surface area (Å²) in [4.78, 5) is 21.5. The Morgan fingerprint density at radius 2 is 0.405 bits per heavy atom. The van der Waals surface area contributed by atoms with Gasteiger partial charge in [0.25, 0.3) is 0 Å². The van der Waals surface area contributed by atoms with Crippen LogP contribution in [0, 0.1) is 22.7 Å². The minimum atomic E-state index is 0.584. The summed E-state index contributed by atoms with van der Waals surface area (Å²) in [6.07, 6.45) is 0. The van der Waals surface area contributed by atoms with Gasteiger partial charge in [-0.2, -0.15) is 10.5 Å². The monoisotopic (exact) mass is 1480 g/mol. The zero-order valence-electron chi connectivity index (χ0n) is 62.4. The van der Waals surface area contributed by atoms with Gasteiger partial charge in [0.05, 0.1) is 90.2 Å². The van der Waals surface area contributed by atoms with E-state index in [1.807, 2.05) is 84.9 Å². The number of nitriles is 2. The van der Waals surface area contributed by atoms with Crippen LogP contribution in [-0.4, -0.2) is 38.2 Å². The van der Waals surface area contributed by atoms with E-state index >= 15 is 0 Å². The molecule has 0 saturated carbocycles. The minimum Gasteiger partial charge on any atom is -0.309 e. The zero-order chi connectivity index (χ0) is 76.9. The van der Waals surface area contributed by atoms with Gasteiger partial charge in [-0.3, -0.25) is 9.13 Å². The highest BCUT2D eigenvalue weighted by atomic mass is 15.2. The Balaban J connectivity index is 0.635. The number of benzene rings is 16. The van der Waals surface area contributed by atoms with Gasteiger partial charge < -0.3 is 9.13 Å². The van der Waals surface area contributed by atoms with Crippen molar-refractivity contribution in [3.05, 3.63) is 399 Å². The maximum atomic E-state index is 9.46. The van der Waals surface area contributed by atoms with E-state index in [-0.39, 0.29) is 0 Å². The predicted molar refractivity (Wildman–Crippen MR) is 473 cm³/mol.